The molecule has 0 spiro atoms. The van der Waals surface area contributed by atoms with E-state index in [0.717, 1.165) is 6.07 Å². The van der Waals surface area contributed by atoms with Gasteiger partial charge in [0.2, 0.25) is 9.84 Å². The van der Waals surface area contributed by atoms with E-state index in [-0.39, 0.29) is 4.90 Å². The molecular formula is C10H10FNO2S. The van der Waals surface area contributed by atoms with E-state index in [1.807, 2.05) is 0 Å². The molecule has 5 heteroatoms. The molecule has 15 heavy (non-hydrogen) atoms. The first-order valence-corrected chi connectivity index (χ1v) is 6.05. The average Bonchev–Trinajstić information content (AvgIpc) is 2.39. The molecule has 0 radical (unpaired) electrons. The number of hydrogen-bond acceptors (Lipinski definition) is 3. The molecule has 0 aromatic heterocycles. The highest BCUT2D eigenvalue weighted by Gasteiger charge is 2.26. The van der Waals surface area contributed by atoms with Gasteiger partial charge in [0.15, 0.2) is 0 Å². The molecule has 2 N–H and O–H groups in total. The summed E-state index contributed by atoms with van der Waals surface area (Å²) in [5.74, 6) is -0.542. The molecule has 0 atom stereocenters. The van der Waals surface area contributed by atoms with Crippen LogP contribution in [-0.2, 0) is 9.84 Å². The second-order valence-corrected chi connectivity index (χ2v) is 5.13. The van der Waals surface area contributed by atoms with Gasteiger partial charge < -0.3 is 5.73 Å². The van der Waals surface area contributed by atoms with Crippen LogP contribution in [0.3, 0.4) is 0 Å². The van der Waals surface area contributed by atoms with Gasteiger partial charge in [-0.15, -0.1) is 0 Å². The maximum Gasteiger partial charge on any atom is 0.200 e. The Morgan fingerprint density at radius 3 is 2.73 bits per heavy atom. The maximum absolute atomic E-state index is 12.9. The van der Waals surface area contributed by atoms with Gasteiger partial charge in [-0.2, -0.15) is 0 Å². The van der Waals surface area contributed by atoms with Crippen molar-refractivity contribution in [1.29, 1.82) is 0 Å². The third-order valence-corrected chi connectivity index (χ3v) is 3.85. The summed E-state index contributed by atoms with van der Waals surface area (Å²) in [6.07, 6.45) is 0.484. The van der Waals surface area contributed by atoms with E-state index < -0.39 is 15.7 Å². The zero-order valence-electron chi connectivity index (χ0n) is 7.90. The fourth-order valence-corrected chi connectivity index (χ4v) is 3.19. The maximum atomic E-state index is 12.9. The van der Waals surface area contributed by atoms with Gasteiger partial charge in [0, 0.05) is 5.41 Å². The second-order valence-electron chi connectivity index (χ2n) is 3.37. The highest BCUT2D eigenvalue weighted by atomic mass is 32.2. The van der Waals surface area contributed by atoms with Crippen molar-refractivity contribution in [2.24, 2.45) is 5.73 Å². The minimum atomic E-state index is -3.46. The van der Waals surface area contributed by atoms with Gasteiger partial charge in [0.05, 0.1) is 4.90 Å². The molecule has 0 bridgehead atoms. The molecule has 0 amide bonds. The molecule has 80 valence electrons. The van der Waals surface area contributed by atoms with E-state index in [0.29, 0.717) is 24.1 Å². The first-order valence-electron chi connectivity index (χ1n) is 4.50. The summed E-state index contributed by atoms with van der Waals surface area (Å²) in [5.41, 5.74) is 6.61. The predicted molar refractivity (Wildman–Crippen MR) is 55.2 cm³/mol. The van der Waals surface area contributed by atoms with Crippen LogP contribution in [0, 0.1) is 5.82 Å². The number of rotatable bonds is 2. The average molecular weight is 227 g/mol. The quantitative estimate of drug-likeness (QED) is 0.828. The monoisotopic (exact) mass is 227 g/mol. The number of halogens is 1. The van der Waals surface area contributed by atoms with Crippen molar-refractivity contribution in [3.8, 4) is 0 Å². The molecule has 1 heterocycles. The van der Waals surface area contributed by atoms with E-state index in [9.17, 15) is 12.8 Å². The normalized spacial score (nSPS) is 17.3. The minimum absolute atomic E-state index is 0.0472. The zero-order chi connectivity index (χ0) is 11.1. The number of sulfone groups is 1. The Balaban J connectivity index is 2.62. The van der Waals surface area contributed by atoms with Crippen LogP contribution in [0.5, 0.6) is 0 Å². The van der Waals surface area contributed by atoms with Crippen molar-refractivity contribution in [1.82, 2.24) is 0 Å². The lowest BCUT2D eigenvalue weighted by Crippen LogP contribution is -1.99. The molecule has 0 fully saturated rings. The van der Waals surface area contributed by atoms with Crippen LogP contribution >= 0.6 is 0 Å². The summed E-state index contributed by atoms with van der Waals surface area (Å²) in [4.78, 5) is 0.0472. The van der Waals surface area contributed by atoms with Crippen LogP contribution < -0.4 is 5.73 Å². The molecule has 0 aliphatic carbocycles. The van der Waals surface area contributed by atoms with Crippen molar-refractivity contribution in [2.75, 3.05) is 6.54 Å². The van der Waals surface area contributed by atoms with Crippen molar-refractivity contribution in [3.05, 3.63) is 35.0 Å². The Labute approximate surface area is 87.3 Å². The van der Waals surface area contributed by atoms with Gasteiger partial charge in [0.25, 0.3) is 0 Å². The first kappa shape index (κ1) is 10.3. The van der Waals surface area contributed by atoms with Gasteiger partial charge >= 0.3 is 0 Å². The number of hydrogen-bond donors (Lipinski definition) is 1. The number of nitrogens with two attached hydrogens (primary N) is 1. The van der Waals surface area contributed by atoms with Crippen LogP contribution in [0.1, 0.15) is 12.0 Å². The van der Waals surface area contributed by atoms with Crippen LogP contribution in [0.15, 0.2) is 28.5 Å². The molecule has 1 aromatic carbocycles. The topological polar surface area (TPSA) is 60.2 Å². The summed E-state index contributed by atoms with van der Waals surface area (Å²) in [7, 11) is -3.46. The Morgan fingerprint density at radius 2 is 2.07 bits per heavy atom. The van der Waals surface area contributed by atoms with E-state index in [2.05, 4.69) is 0 Å². The summed E-state index contributed by atoms with van der Waals surface area (Å²) in [6, 6.07) is 3.78. The Morgan fingerprint density at radius 1 is 1.33 bits per heavy atom. The number of benzene rings is 1. The highest BCUT2D eigenvalue weighted by molar-refractivity contribution is 7.95. The molecule has 3 nitrogen and oxygen atoms in total. The summed E-state index contributed by atoms with van der Waals surface area (Å²) in [6.45, 7) is 0.373. The fraction of sp³-hybridized carbons (Fsp3) is 0.200. The first-order chi connectivity index (χ1) is 7.04. The van der Waals surface area contributed by atoms with Gasteiger partial charge in [-0.05, 0) is 36.2 Å². The molecule has 0 saturated carbocycles. The smallest absolute Gasteiger partial charge is 0.200 e. The van der Waals surface area contributed by atoms with Crippen molar-refractivity contribution in [2.45, 2.75) is 11.3 Å². The summed E-state index contributed by atoms with van der Waals surface area (Å²) < 4.78 is 36.1. The van der Waals surface area contributed by atoms with Crippen LogP contribution in [-0.4, -0.2) is 15.0 Å². The molecule has 1 aliphatic rings. The lowest BCUT2D eigenvalue weighted by atomic mass is 10.1. The van der Waals surface area contributed by atoms with E-state index in [1.165, 1.54) is 17.5 Å². The largest absolute Gasteiger partial charge is 0.330 e. The lowest BCUT2D eigenvalue weighted by molar-refractivity contribution is 0.599. The summed E-state index contributed by atoms with van der Waals surface area (Å²) >= 11 is 0. The molecule has 0 saturated heterocycles. The van der Waals surface area contributed by atoms with Gasteiger partial charge in [0.1, 0.15) is 5.82 Å². The van der Waals surface area contributed by atoms with Gasteiger partial charge in [-0.3, -0.25) is 0 Å². The third kappa shape index (κ3) is 1.68. The Kier molecular flexibility index (Phi) is 2.36. The minimum Gasteiger partial charge on any atom is -0.330 e. The highest BCUT2D eigenvalue weighted by Crippen LogP contribution is 2.35. The molecule has 1 aromatic rings. The number of fused-ring (bicyclic) bond motifs is 1. The van der Waals surface area contributed by atoms with Crippen molar-refractivity contribution >= 4 is 15.4 Å². The molecule has 1 aliphatic heterocycles. The van der Waals surface area contributed by atoms with Crippen LogP contribution in [0.4, 0.5) is 4.39 Å². The standard InChI is InChI=1S/C10H10FNO2S/c11-8-1-2-9-7(3-4-12)6-15(13,14)10(9)5-8/h1-2,5-6H,3-4,12H2. The fourth-order valence-electron chi connectivity index (χ4n) is 1.66. The van der Waals surface area contributed by atoms with Gasteiger partial charge in [-0.1, -0.05) is 6.07 Å². The van der Waals surface area contributed by atoms with Crippen LogP contribution in [0.25, 0.3) is 5.57 Å². The molecule has 0 unspecified atom stereocenters. The van der Waals surface area contributed by atoms with Crippen molar-refractivity contribution in [3.63, 3.8) is 0 Å². The van der Waals surface area contributed by atoms with Crippen molar-refractivity contribution < 1.29 is 12.8 Å². The SMILES string of the molecule is NCCC1=CS(=O)(=O)c2cc(F)ccc21. The third-order valence-electron chi connectivity index (χ3n) is 2.31. The zero-order valence-corrected chi connectivity index (χ0v) is 8.72. The van der Waals surface area contributed by atoms with Crippen LogP contribution in [0.2, 0.25) is 0 Å². The lowest BCUT2D eigenvalue weighted by Gasteiger charge is -2.02. The summed E-state index contributed by atoms with van der Waals surface area (Å²) in [5, 5.41) is 1.17. The predicted octanol–water partition coefficient (Wildman–Crippen LogP) is 1.30. The second kappa shape index (κ2) is 3.43. The van der Waals surface area contributed by atoms with E-state index >= 15 is 0 Å². The van der Waals surface area contributed by atoms with Gasteiger partial charge in [-0.25, -0.2) is 12.8 Å². The van der Waals surface area contributed by atoms with E-state index in [1.54, 1.807) is 0 Å². The van der Waals surface area contributed by atoms with E-state index in [4.69, 9.17) is 5.73 Å². The Bertz CT molecular complexity index is 534. The molecular weight excluding hydrogens is 217 g/mol. The Hall–Kier alpha value is -1.20. The molecule has 2 rings (SSSR count).